The van der Waals surface area contributed by atoms with Crippen molar-refractivity contribution in [1.29, 1.82) is 0 Å². The van der Waals surface area contributed by atoms with Gasteiger partial charge >= 0.3 is 0 Å². The minimum Gasteiger partial charge on any atom is -0.332 e. The third-order valence-corrected chi connectivity index (χ3v) is 7.11. The minimum atomic E-state index is -3.49. The number of carbonyl (C=O) groups is 1. The van der Waals surface area contributed by atoms with Crippen molar-refractivity contribution in [3.8, 4) is 0 Å². The smallest absolute Gasteiger partial charge is 0.254 e. The molecule has 1 fully saturated rings. The van der Waals surface area contributed by atoms with Gasteiger partial charge in [0.05, 0.1) is 16.7 Å². The first-order chi connectivity index (χ1) is 14.4. The van der Waals surface area contributed by atoms with Crippen molar-refractivity contribution in [2.45, 2.75) is 29.5 Å². The average Bonchev–Trinajstić information content (AvgIpc) is 3.24. The molecule has 154 valence electrons. The van der Waals surface area contributed by atoms with Crippen LogP contribution in [0.25, 0.3) is 0 Å². The number of likely N-dealkylation sites (tertiary alicyclic amines) is 1. The number of sulfone groups is 1. The van der Waals surface area contributed by atoms with Gasteiger partial charge in [-0.15, -0.1) is 0 Å². The number of carbonyl (C=O) groups excluding carboxylic acids is 1. The lowest BCUT2D eigenvalue weighted by Gasteiger charge is -2.25. The Morgan fingerprint density at radius 3 is 2.43 bits per heavy atom. The second-order valence-electron chi connectivity index (χ2n) is 7.48. The lowest BCUT2D eigenvalue weighted by molar-refractivity contribution is 0.0735. The summed E-state index contributed by atoms with van der Waals surface area (Å²) >= 11 is 0. The lowest BCUT2D eigenvalue weighted by Crippen LogP contribution is -2.30. The molecule has 1 heterocycles. The van der Waals surface area contributed by atoms with Gasteiger partial charge in [0, 0.05) is 12.1 Å². The third-order valence-electron chi connectivity index (χ3n) is 5.40. The highest BCUT2D eigenvalue weighted by Crippen LogP contribution is 2.33. The zero-order valence-corrected chi connectivity index (χ0v) is 17.2. The van der Waals surface area contributed by atoms with Crippen LogP contribution >= 0.6 is 0 Å². The topological polar surface area (TPSA) is 54.5 Å². The van der Waals surface area contributed by atoms with Gasteiger partial charge in [-0.25, -0.2) is 12.8 Å². The Labute approximate surface area is 175 Å². The summed E-state index contributed by atoms with van der Waals surface area (Å²) in [5.41, 5.74) is 1.94. The molecule has 1 aliphatic rings. The van der Waals surface area contributed by atoms with Crippen LogP contribution in [0.2, 0.25) is 0 Å². The third kappa shape index (κ3) is 4.28. The molecule has 0 spiro atoms. The summed E-state index contributed by atoms with van der Waals surface area (Å²) in [6.07, 6.45) is 1.69. The van der Waals surface area contributed by atoms with Crippen molar-refractivity contribution in [3.05, 3.63) is 101 Å². The van der Waals surface area contributed by atoms with Gasteiger partial charge in [-0.2, -0.15) is 0 Å². The molecule has 30 heavy (non-hydrogen) atoms. The fraction of sp³-hybridized carbons (Fsp3) is 0.208. The van der Waals surface area contributed by atoms with E-state index in [1.807, 2.05) is 0 Å². The van der Waals surface area contributed by atoms with Crippen LogP contribution in [0.5, 0.6) is 0 Å². The van der Waals surface area contributed by atoms with Crippen LogP contribution in [0.3, 0.4) is 0 Å². The molecule has 0 N–H and O–H groups in total. The summed E-state index contributed by atoms with van der Waals surface area (Å²) in [7, 11) is -3.49. The van der Waals surface area contributed by atoms with Gasteiger partial charge in [-0.05, 0) is 60.4 Å². The van der Waals surface area contributed by atoms with Crippen molar-refractivity contribution in [2.75, 3.05) is 6.54 Å². The first kappa shape index (κ1) is 20.3. The maximum absolute atomic E-state index is 13.3. The van der Waals surface area contributed by atoms with Crippen molar-refractivity contribution < 1.29 is 17.6 Å². The highest BCUT2D eigenvalue weighted by Gasteiger charge is 2.30. The number of benzene rings is 3. The molecule has 4 rings (SSSR count). The van der Waals surface area contributed by atoms with Gasteiger partial charge < -0.3 is 4.90 Å². The molecule has 0 aliphatic carbocycles. The van der Waals surface area contributed by atoms with Gasteiger partial charge in [-0.1, -0.05) is 42.5 Å². The maximum Gasteiger partial charge on any atom is 0.254 e. The predicted octanol–water partition coefficient (Wildman–Crippen LogP) is 4.78. The van der Waals surface area contributed by atoms with Gasteiger partial charge in [0.1, 0.15) is 5.82 Å². The summed E-state index contributed by atoms with van der Waals surface area (Å²) in [6, 6.07) is 21.2. The largest absolute Gasteiger partial charge is 0.332 e. The highest BCUT2D eigenvalue weighted by molar-refractivity contribution is 7.90. The molecule has 0 unspecified atom stereocenters. The van der Waals surface area contributed by atoms with E-state index in [0.717, 1.165) is 18.4 Å². The molecule has 0 saturated carbocycles. The quantitative estimate of drug-likeness (QED) is 0.594. The highest BCUT2D eigenvalue weighted by atomic mass is 32.2. The number of amides is 1. The Hall–Kier alpha value is -2.99. The number of hydrogen-bond acceptors (Lipinski definition) is 3. The molecule has 1 atom stereocenters. The maximum atomic E-state index is 13.3. The monoisotopic (exact) mass is 423 g/mol. The van der Waals surface area contributed by atoms with Gasteiger partial charge in [-0.3, -0.25) is 4.79 Å². The second-order valence-corrected chi connectivity index (χ2v) is 9.47. The van der Waals surface area contributed by atoms with Crippen LogP contribution in [0.4, 0.5) is 4.39 Å². The minimum absolute atomic E-state index is 0.102. The Morgan fingerprint density at radius 2 is 1.70 bits per heavy atom. The van der Waals surface area contributed by atoms with Crippen LogP contribution < -0.4 is 0 Å². The molecule has 0 radical (unpaired) electrons. The van der Waals surface area contributed by atoms with E-state index in [2.05, 4.69) is 0 Å². The average molecular weight is 424 g/mol. The summed E-state index contributed by atoms with van der Waals surface area (Å²) < 4.78 is 38.6. The Kier molecular flexibility index (Phi) is 5.68. The van der Waals surface area contributed by atoms with Crippen LogP contribution in [-0.2, 0) is 15.6 Å². The summed E-state index contributed by atoms with van der Waals surface area (Å²) in [6.45, 7) is 0.618. The number of hydrogen-bond donors (Lipinski definition) is 0. The fourth-order valence-electron chi connectivity index (χ4n) is 3.93. The lowest BCUT2D eigenvalue weighted by atomic mass is 10.0. The van der Waals surface area contributed by atoms with E-state index in [0.29, 0.717) is 17.7 Å². The molecule has 3 aromatic carbocycles. The van der Waals surface area contributed by atoms with Crippen molar-refractivity contribution >= 4 is 15.7 Å². The predicted molar refractivity (Wildman–Crippen MR) is 113 cm³/mol. The van der Waals surface area contributed by atoms with Crippen LogP contribution in [0.1, 0.15) is 40.4 Å². The Morgan fingerprint density at radius 1 is 0.967 bits per heavy atom. The van der Waals surface area contributed by atoms with Crippen LogP contribution in [-0.4, -0.2) is 25.8 Å². The number of rotatable bonds is 5. The molecule has 3 aromatic rings. The molecule has 0 bridgehead atoms. The second kappa shape index (κ2) is 8.40. The fourth-order valence-corrected chi connectivity index (χ4v) is 5.29. The zero-order valence-electron chi connectivity index (χ0n) is 16.4. The molecule has 1 amide bonds. The molecule has 0 aromatic heterocycles. The Bertz CT molecular complexity index is 1140. The van der Waals surface area contributed by atoms with E-state index >= 15 is 0 Å². The molecule has 4 nitrogen and oxygen atoms in total. The van der Waals surface area contributed by atoms with E-state index in [9.17, 15) is 17.6 Å². The summed E-state index contributed by atoms with van der Waals surface area (Å²) in [4.78, 5) is 15.2. The van der Waals surface area contributed by atoms with Gasteiger partial charge in [0.2, 0.25) is 0 Å². The Balaban J connectivity index is 1.56. The SMILES string of the molecule is O=C(c1cccc(CS(=O)(=O)c2ccccc2)c1)N1CCC[C@@H]1c1ccc(F)cc1. The standard InChI is InChI=1S/C24H22FNO3S/c25-21-13-11-19(12-14-21)23-10-5-15-26(23)24(27)20-7-4-6-18(16-20)17-30(28,29)22-8-2-1-3-9-22/h1-4,6-9,11-14,16,23H,5,10,15,17H2/t23-/m1/s1. The van der Waals surface area contributed by atoms with Gasteiger partial charge in [0.25, 0.3) is 5.91 Å². The molecular formula is C24H22FNO3S. The first-order valence-electron chi connectivity index (χ1n) is 9.87. The normalized spacial score (nSPS) is 16.6. The molecule has 6 heteroatoms. The number of halogens is 1. The molecule has 1 saturated heterocycles. The van der Waals surface area contributed by atoms with Crippen LogP contribution in [0.15, 0.2) is 83.8 Å². The van der Waals surface area contributed by atoms with Gasteiger partial charge in [0.15, 0.2) is 9.84 Å². The first-order valence-corrected chi connectivity index (χ1v) is 11.5. The zero-order chi connectivity index (χ0) is 21.1. The van der Waals surface area contributed by atoms with E-state index < -0.39 is 9.84 Å². The summed E-state index contributed by atoms with van der Waals surface area (Å²) in [5.74, 6) is -0.609. The summed E-state index contributed by atoms with van der Waals surface area (Å²) in [5, 5.41) is 0. The molecular weight excluding hydrogens is 401 g/mol. The van der Waals surface area contributed by atoms with Crippen molar-refractivity contribution in [2.24, 2.45) is 0 Å². The van der Waals surface area contributed by atoms with Crippen molar-refractivity contribution in [1.82, 2.24) is 4.90 Å². The van der Waals surface area contributed by atoms with Crippen molar-refractivity contribution in [3.63, 3.8) is 0 Å². The van der Waals surface area contributed by atoms with E-state index in [1.54, 1.807) is 71.6 Å². The molecule has 1 aliphatic heterocycles. The van der Waals surface area contributed by atoms with E-state index in [4.69, 9.17) is 0 Å². The van der Waals surface area contributed by atoms with E-state index in [-0.39, 0.29) is 28.4 Å². The van der Waals surface area contributed by atoms with E-state index in [1.165, 1.54) is 12.1 Å². The number of nitrogens with zero attached hydrogens (tertiary/aromatic N) is 1. The van der Waals surface area contributed by atoms with Crippen LogP contribution in [0, 0.1) is 5.82 Å².